The topological polar surface area (TPSA) is 45.4 Å². The van der Waals surface area contributed by atoms with Gasteiger partial charge in [0.1, 0.15) is 0 Å². The Morgan fingerprint density at radius 3 is 2.52 bits per heavy atom. The fourth-order valence-corrected chi connectivity index (χ4v) is 3.92. The third-order valence-corrected chi connectivity index (χ3v) is 5.28. The van der Waals surface area contributed by atoms with Crippen LogP contribution in [0, 0.1) is 0 Å². The quantitative estimate of drug-likeness (QED) is 0.905. The fourth-order valence-electron chi connectivity index (χ4n) is 2.57. The van der Waals surface area contributed by atoms with Crippen molar-refractivity contribution in [2.75, 3.05) is 36.0 Å². The zero-order valence-corrected chi connectivity index (χ0v) is 14.4. The predicted molar refractivity (Wildman–Crippen MR) is 93.3 cm³/mol. The molecule has 0 aliphatic carbocycles. The molecule has 3 rings (SSSR count). The van der Waals surface area contributed by atoms with Crippen LogP contribution in [0.15, 0.2) is 34.2 Å². The Kier molecular flexibility index (Phi) is 4.47. The summed E-state index contributed by atoms with van der Waals surface area (Å²) in [6, 6.07) is 6.49. The second-order valence-electron chi connectivity index (χ2n) is 5.29. The first-order valence-electron chi connectivity index (χ1n) is 7.09. The molecule has 0 saturated carbocycles. The molecule has 1 fully saturated rings. The number of halogens is 1. The van der Waals surface area contributed by atoms with Crippen molar-refractivity contribution in [3.05, 3.63) is 39.8 Å². The summed E-state index contributed by atoms with van der Waals surface area (Å²) in [5.74, 6) is 0. The fraction of sp³-hybridized carbons (Fsp3) is 0.400. The van der Waals surface area contributed by atoms with Crippen LogP contribution in [0.3, 0.4) is 0 Å². The molecule has 0 spiro atoms. The third kappa shape index (κ3) is 3.22. The van der Waals surface area contributed by atoms with Crippen LogP contribution < -0.4 is 15.5 Å². The van der Waals surface area contributed by atoms with Crippen LogP contribution in [0.4, 0.5) is 10.8 Å². The number of thiazole rings is 1. The molecule has 1 aliphatic heterocycles. The third-order valence-electron chi connectivity index (χ3n) is 3.81. The number of rotatable bonds is 3. The number of nitrogens with zero attached hydrogens (tertiary/aromatic N) is 3. The van der Waals surface area contributed by atoms with Crippen molar-refractivity contribution in [3.8, 4) is 0 Å². The molecular formula is C15H19BrN4S. The number of benzene rings is 1. The van der Waals surface area contributed by atoms with E-state index in [0.717, 1.165) is 41.3 Å². The number of anilines is 2. The highest BCUT2D eigenvalue weighted by Crippen LogP contribution is 2.30. The normalized spacial score (nSPS) is 17.1. The molecule has 2 aromatic rings. The average Bonchev–Trinajstić information content (AvgIpc) is 3.01. The molecule has 112 valence electrons. The molecule has 0 bridgehead atoms. The first-order valence-corrected chi connectivity index (χ1v) is 8.77. The maximum absolute atomic E-state index is 5.94. The summed E-state index contributed by atoms with van der Waals surface area (Å²) in [6.07, 6.45) is 1.87. The summed E-state index contributed by atoms with van der Waals surface area (Å²) in [4.78, 5) is 9.16. The van der Waals surface area contributed by atoms with Crippen LogP contribution in [0.5, 0.6) is 0 Å². The van der Waals surface area contributed by atoms with Crippen molar-refractivity contribution < 1.29 is 0 Å². The smallest absolute Gasteiger partial charge is 0.185 e. The minimum atomic E-state index is 0.0668. The first kappa shape index (κ1) is 14.8. The van der Waals surface area contributed by atoms with Gasteiger partial charge in [0.25, 0.3) is 0 Å². The van der Waals surface area contributed by atoms with Crippen LogP contribution in [-0.4, -0.2) is 31.2 Å². The van der Waals surface area contributed by atoms with Crippen molar-refractivity contribution in [3.63, 3.8) is 0 Å². The van der Waals surface area contributed by atoms with Crippen LogP contribution in [-0.2, 0) is 0 Å². The highest BCUT2D eigenvalue weighted by Gasteiger charge is 2.20. The molecule has 4 nitrogen and oxygen atoms in total. The van der Waals surface area contributed by atoms with Crippen molar-refractivity contribution in [2.45, 2.75) is 13.0 Å². The molecule has 0 amide bonds. The van der Waals surface area contributed by atoms with Gasteiger partial charge in [0.15, 0.2) is 5.13 Å². The maximum Gasteiger partial charge on any atom is 0.185 e. The number of aromatic nitrogens is 1. The van der Waals surface area contributed by atoms with Crippen LogP contribution in [0.1, 0.15) is 18.5 Å². The van der Waals surface area contributed by atoms with E-state index in [1.165, 1.54) is 5.69 Å². The van der Waals surface area contributed by atoms with Crippen LogP contribution >= 0.6 is 27.3 Å². The molecule has 1 aromatic heterocycles. The van der Waals surface area contributed by atoms with Gasteiger partial charge in [-0.25, -0.2) is 4.98 Å². The van der Waals surface area contributed by atoms with Crippen LogP contribution in [0.2, 0.25) is 0 Å². The Bertz CT molecular complexity index is 592. The summed E-state index contributed by atoms with van der Waals surface area (Å²) >= 11 is 5.39. The van der Waals surface area contributed by atoms with Gasteiger partial charge in [0.05, 0.1) is 5.69 Å². The lowest BCUT2D eigenvalue weighted by Crippen LogP contribution is -2.46. The summed E-state index contributed by atoms with van der Waals surface area (Å²) < 4.78 is 1.12. The maximum atomic E-state index is 5.94. The molecule has 21 heavy (non-hydrogen) atoms. The van der Waals surface area contributed by atoms with Crippen LogP contribution in [0.25, 0.3) is 0 Å². The largest absolute Gasteiger partial charge is 0.367 e. The zero-order valence-electron chi connectivity index (χ0n) is 12.0. The standard InChI is InChI=1S/C15H19BrN4S/c1-11(17)12-2-3-14(13(16)10-12)19-5-7-20(8-6-19)15-18-4-9-21-15/h2-4,9-11H,5-8,17H2,1H3. The lowest BCUT2D eigenvalue weighted by molar-refractivity contribution is 0.651. The van der Waals surface area contributed by atoms with E-state index in [2.05, 4.69) is 48.9 Å². The molecule has 2 N–H and O–H groups in total. The van der Waals surface area contributed by atoms with Gasteiger partial charge in [0.2, 0.25) is 0 Å². The molecular weight excluding hydrogens is 348 g/mol. The Balaban J connectivity index is 1.69. The minimum absolute atomic E-state index is 0.0668. The highest BCUT2D eigenvalue weighted by molar-refractivity contribution is 9.10. The number of hydrogen-bond acceptors (Lipinski definition) is 5. The molecule has 1 atom stereocenters. The Hall–Kier alpha value is -1.11. The second-order valence-corrected chi connectivity index (χ2v) is 7.02. The molecule has 0 radical (unpaired) electrons. The molecule has 1 aliphatic rings. The molecule has 1 unspecified atom stereocenters. The van der Waals surface area contributed by atoms with Crippen molar-refractivity contribution in [2.24, 2.45) is 5.73 Å². The monoisotopic (exact) mass is 366 g/mol. The van der Waals surface area contributed by atoms with Gasteiger partial charge in [-0.05, 0) is 40.5 Å². The van der Waals surface area contributed by atoms with Crippen molar-refractivity contribution in [1.82, 2.24) is 4.98 Å². The summed E-state index contributed by atoms with van der Waals surface area (Å²) in [6.45, 7) is 6.05. The van der Waals surface area contributed by atoms with Crippen molar-refractivity contribution >= 4 is 38.1 Å². The molecule has 6 heteroatoms. The summed E-state index contributed by atoms with van der Waals surface area (Å²) in [5, 5.41) is 3.16. The van der Waals surface area contributed by atoms with E-state index in [-0.39, 0.29) is 6.04 Å². The molecule has 1 aromatic carbocycles. The number of hydrogen-bond donors (Lipinski definition) is 1. The van der Waals surface area contributed by atoms with Gasteiger partial charge in [-0.1, -0.05) is 6.07 Å². The zero-order chi connectivity index (χ0) is 14.8. The van der Waals surface area contributed by atoms with E-state index >= 15 is 0 Å². The van der Waals surface area contributed by atoms with Gasteiger partial charge in [0, 0.05) is 48.3 Å². The van der Waals surface area contributed by atoms with Gasteiger partial charge in [-0.15, -0.1) is 11.3 Å². The lowest BCUT2D eigenvalue weighted by atomic mass is 10.1. The molecule has 1 saturated heterocycles. The number of piperazine rings is 1. The predicted octanol–water partition coefficient (Wildman–Crippen LogP) is 3.25. The Morgan fingerprint density at radius 1 is 1.24 bits per heavy atom. The van der Waals surface area contributed by atoms with Gasteiger partial charge >= 0.3 is 0 Å². The Morgan fingerprint density at radius 2 is 1.95 bits per heavy atom. The van der Waals surface area contributed by atoms with Crippen molar-refractivity contribution in [1.29, 1.82) is 0 Å². The summed E-state index contributed by atoms with van der Waals surface area (Å²) in [5.41, 5.74) is 8.34. The van der Waals surface area contributed by atoms with E-state index < -0.39 is 0 Å². The second kappa shape index (κ2) is 6.34. The first-order chi connectivity index (χ1) is 10.1. The summed E-state index contributed by atoms with van der Waals surface area (Å²) in [7, 11) is 0. The Labute approximate surface area is 137 Å². The van der Waals surface area contributed by atoms with E-state index in [1.807, 2.05) is 18.5 Å². The highest BCUT2D eigenvalue weighted by atomic mass is 79.9. The van der Waals surface area contributed by atoms with Gasteiger partial charge in [-0.3, -0.25) is 0 Å². The van der Waals surface area contributed by atoms with Gasteiger partial charge < -0.3 is 15.5 Å². The number of nitrogens with two attached hydrogens (primary N) is 1. The SMILES string of the molecule is CC(N)c1ccc(N2CCN(c3nccs3)CC2)c(Br)c1. The lowest BCUT2D eigenvalue weighted by Gasteiger charge is -2.36. The van der Waals surface area contributed by atoms with E-state index in [4.69, 9.17) is 5.73 Å². The minimum Gasteiger partial charge on any atom is -0.367 e. The van der Waals surface area contributed by atoms with Gasteiger partial charge in [-0.2, -0.15) is 0 Å². The molecule has 2 heterocycles. The average molecular weight is 367 g/mol. The van der Waals surface area contributed by atoms with E-state index in [9.17, 15) is 0 Å². The van der Waals surface area contributed by atoms with E-state index in [0.29, 0.717) is 0 Å². The van der Waals surface area contributed by atoms with E-state index in [1.54, 1.807) is 11.3 Å².